The maximum absolute atomic E-state index is 10.7. The van der Waals surface area contributed by atoms with Gasteiger partial charge < -0.3 is 15.6 Å². The summed E-state index contributed by atoms with van der Waals surface area (Å²) in [6.45, 7) is 0.494. The van der Waals surface area contributed by atoms with Gasteiger partial charge in [-0.05, 0) is 42.0 Å². The van der Waals surface area contributed by atoms with Crippen LogP contribution in [0.2, 0.25) is 0 Å². The molecule has 92 valence electrons. The van der Waals surface area contributed by atoms with Crippen molar-refractivity contribution in [2.24, 2.45) is 5.73 Å². The van der Waals surface area contributed by atoms with Gasteiger partial charge in [0.15, 0.2) is 0 Å². The summed E-state index contributed by atoms with van der Waals surface area (Å²) in [5.41, 5.74) is 6.77. The third kappa shape index (κ3) is 2.87. The van der Waals surface area contributed by atoms with Crippen LogP contribution < -0.4 is 10.5 Å². The highest BCUT2D eigenvalue weighted by Gasteiger charge is 2.02. The quantitative estimate of drug-likeness (QED) is 0.865. The van der Waals surface area contributed by atoms with Crippen LogP contribution in [0.25, 0.3) is 0 Å². The molecule has 2 aromatic rings. The van der Waals surface area contributed by atoms with Gasteiger partial charge in [-0.3, -0.25) is 0 Å². The van der Waals surface area contributed by atoms with Crippen LogP contribution in [0.1, 0.15) is 15.9 Å². The Bertz CT molecular complexity index is 532. The lowest BCUT2D eigenvalue weighted by molar-refractivity contribution is 0.0697. The highest BCUT2D eigenvalue weighted by atomic mass is 16.5. The number of hydrogen-bond acceptors (Lipinski definition) is 3. The molecular weight excluding hydrogens is 230 g/mol. The van der Waals surface area contributed by atoms with Crippen LogP contribution in [0.3, 0.4) is 0 Å². The van der Waals surface area contributed by atoms with Crippen molar-refractivity contribution in [1.82, 2.24) is 0 Å². The average Bonchev–Trinajstić information content (AvgIpc) is 2.40. The maximum Gasteiger partial charge on any atom is 0.335 e. The molecule has 0 fully saturated rings. The molecule has 3 N–H and O–H groups in total. The van der Waals surface area contributed by atoms with Crippen molar-refractivity contribution in [3.05, 3.63) is 59.7 Å². The predicted octanol–water partition coefficient (Wildman–Crippen LogP) is 2.64. The molecule has 18 heavy (non-hydrogen) atoms. The molecule has 0 aliphatic rings. The molecule has 4 nitrogen and oxygen atoms in total. The highest BCUT2D eigenvalue weighted by molar-refractivity contribution is 5.87. The number of aromatic carboxylic acids is 1. The van der Waals surface area contributed by atoms with E-state index in [-0.39, 0.29) is 5.56 Å². The number of hydrogen-bond donors (Lipinski definition) is 2. The van der Waals surface area contributed by atoms with Crippen molar-refractivity contribution in [2.45, 2.75) is 6.54 Å². The zero-order valence-corrected chi connectivity index (χ0v) is 9.67. The summed E-state index contributed by atoms with van der Waals surface area (Å²) in [6, 6.07) is 13.7. The average molecular weight is 243 g/mol. The summed E-state index contributed by atoms with van der Waals surface area (Å²) in [6.07, 6.45) is 0. The van der Waals surface area contributed by atoms with Gasteiger partial charge in [-0.2, -0.15) is 0 Å². The minimum atomic E-state index is -0.950. The molecule has 0 heterocycles. The van der Waals surface area contributed by atoms with Crippen LogP contribution in [0.5, 0.6) is 11.5 Å². The molecule has 0 saturated carbocycles. The van der Waals surface area contributed by atoms with Crippen LogP contribution in [-0.2, 0) is 6.54 Å². The fourth-order valence-electron chi connectivity index (χ4n) is 1.50. The van der Waals surface area contributed by atoms with Crippen molar-refractivity contribution in [3.63, 3.8) is 0 Å². The molecule has 0 atom stereocenters. The second-order valence-corrected chi connectivity index (χ2v) is 3.78. The van der Waals surface area contributed by atoms with E-state index >= 15 is 0 Å². The van der Waals surface area contributed by atoms with Gasteiger partial charge in [0, 0.05) is 6.54 Å². The number of rotatable bonds is 4. The summed E-state index contributed by atoms with van der Waals surface area (Å²) in [5, 5.41) is 8.77. The Morgan fingerprint density at radius 3 is 1.94 bits per heavy atom. The van der Waals surface area contributed by atoms with E-state index in [4.69, 9.17) is 15.6 Å². The minimum absolute atomic E-state index is 0.237. The van der Waals surface area contributed by atoms with Gasteiger partial charge in [0.1, 0.15) is 11.5 Å². The number of ether oxygens (including phenoxy) is 1. The van der Waals surface area contributed by atoms with Gasteiger partial charge in [0.2, 0.25) is 0 Å². The third-order valence-corrected chi connectivity index (χ3v) is 2.50. The zero-order valence-electron chi connectivity index (χ0n) is 9.67. The minimum Gasteiger partial charge on any atom is -0.478 e. The third-order valence-electron chi connectivity index (χ3n) is 2.50. The number of carboxylic acids is 1. The second-order valence-electron chi connectivity index (χ2n) is 3.78. The lowest BCUT2D eigenvalue weighted by Gasteiger charge is -2.06. The van der Waals surface area contributed by atoms with E-state index in [1.165, 1.54) is 12.1 Å². The molecule has 4 heteroatoms. The van der Waals surface area contributed by atoms with Crippen molar-refractivity contribution in [1.29, 1.82) is 0 Å². The largest absolute Gasteiger partial charge is 0.478 e. The van der Waals surface area contributed by atoms with Gasteiger partial charge in [-0.1, -0.05) is 12.1 Å². The summed E-state index contributed by atoms with van der Waals surface area (Å²) in [5.74, 6) is 0.338. The van der Waals surface area contributed by atoms with Crippen LogP contribution >= 0.6 is 0 Å². The Morgan fingerprint density at radius 2 is 1.50 bits per heavy atom. The molecule has 0 aliphatic carbocycles. The Balaban J connectivity index is 2.10. The van der Waals surface area contributed by atoms with Gasteiger partial charge in [-0.25, -0.2) is 4.79 Å². The van der Waals surface area contributed by atoms with Crippen molar-refractivity contribution >= 4 is 5.97 Å². The predicted molar refractivity (Wildman–Crippen MR) is 67.8 cm³/mol. The summed E-state index contributed by atoms with van der Waals surface area (Å²) < 4.78 is 5.58. The molecule has 0 saturated heterocycles. The Hall–Kier alpha value is -2.33. The molecule has 2 rings (SSSR count). The standard InChI is InChI=1S/C14H13NO3/c15-9-10-1-5-12(6-2-10)18-13-7-3-11(4-8-13)14(16)17/h1-8H,9,15H2,(H,16,17). The van der Waals surface area contributed by atoms with Gasteiger partial charge in [0.05, 0.1) is 5.56 Å². The summed E-state index contributed by atoms with van der Waals surface area (Å²) in [7, 11) is 0. The van der Waals surface area contributed by atoms with Crippen molar-refractivity contribution in [3.8, 4) is 11.5 Å². The van der Waals surface area contributed by atoms with E-state index in [1.54, 1.807) is 12.1 Å². The molecule has 0 aliphatic heterocycles. The Labute approximate surface area is 105 Å². The topological polar surface area (TPSA) is 72.5 Å². The zero-order chi connectivity index (χ0) is 13.0. The van der Waals surface area contributed by atoms with Crippen LogP contribution in [0, 0.1) is 0 Å². The monoisotopic (exact) mass is 243 g/mol. The number of carbonyl (C=O) groups is 1. The van der Waals surface area contributed by atoms with Gasteiger partial charge >= 0.3 is 5.97 Å². The summed E-state index contributed by atoms with van der Waals surface area (Å²) >= 11 is 0. The van der Waals surface area contributed by atoms with Gasteiger partial charge in [0.25, 0.3) is 0 Å². The van der Waals surface area contributed by atoms with E-state index < -0.39 is 5.97 Å². The maximum atomic E-state index is 10.7. The SMILES string of the molecule is NCc1ccc(Oc2ccc(C(=O)O)cc2)cc1. The first-order valence-corrected chi connectivity index (χ1v) is 5.49. The van der Waals surface area contributed by atoms with Crippen LogP contribution in [0.15, 0.2) is 48.5 Å². The van der Waals surface area contributed by atoms with Crippen molar-refractivity contribution < 1.29 is 14.6 Å². The highest BCUT2D eigenvalue weighted by Crippen LogP contribution is 2.22. The smallest absolute Gasteiger partial charge is 0.335 e. The molecule has 0 spiro atoms. The first-order chi connectivity index (χ1) is 8.69. The lowest BCUT2D eigenvalue weighted by Crippen LogP contribution is -1.96. The number of carboxylic acid groups (broad SMARTS) is 1. The fraction of sp³-hybridized carbons (Fsp3) is 0.0714. The Kier molecular flexibility index (Phi) is 3.60. The molecule has 0 aromatic heterocycles. The Morgan fingerprint density at radius 1 is 1.00 bits per heavy atom. The van der Waals surface area contributed by atoms with Crippen LogP contribution in [0.4, 0.5) is 0 Å². The molecule has 0 radical (unpaired) electrons. The molecular formula is C14H13NO3. The van der Waals surface area contributed by atoms with E-state index in [0.29, 0.717) is 18.0 Å². The summed E-state index contributed by atoms with van der Waals surface area (Å²) in [4.78, 5) is 10.7. The van der Waals surface area contributed by atoms with E-state index in [1.807, 2.05) is 24.3 Å². The first-order valence-electron chi connectivity index (χ1n) is 5.49. The normalized spacial score (nSPS) is 10.1. The molecule has 0 unspecified atom stereocenters. The molecule has 0 amide bonds. The fourth-order valence-corrected chi connectivity index (χ4v) is 1.50. The number of nitrogens with two attached hydrogens (primary N) is 1. The van der Waals surface area contributed by atoms with E-state index in [9.17, 15) is 4.79 Å². The number of benzene rings is 2. The molecule has 2 aromatic carbocycles. The van der Waals surface area contributed by atoms with Gasteiger partial charge in [-0.15, -0.1) is 0 Å². The first kappa shape index (κ1) is 12.1. The second kappa shape index (κ2) is 5.33. The molecule has 0 bridgehead atoms. The van der Waals surface area contributed by atoms with E-state index in [2.05, 4.69) is 0 Å². The van der Waals surface area contributed by atoms with Crippen molar-refractivity contribution in [2.75, 3.05) is 0 Å². The van der Waals surface area contributed by atoms with E-state index in [0.717, 1.165) is 5.56 Å². The lowest BCUT2D eigenvalue weighted by atomic mass is 10.2. The van der Waals surface area contributed by atoms with Crippen LogP contribution in [-0.4, -0.2) is 11.1 Å².